The second-order valence-electron chi connectivity index (χ2n) is 7.58. The molecule has 10 heteroatoms. The lowest BCUT2D eigenvalue weighted by molar-refractivity contribution is -0.137. The summed E-state index contributed by atoms with van der Waals surface area (Å²) in [5.74, 6) is 0.539. The highest BCUT2D eigenvalue weighted by atomic mass is 19.4. The topological polar surface area (TPSA) is 70.3 Å². The third-order valence-corrected chi connectivity index (χ3v) is 5.35. The number of hydrogen-bond acceptors (Lipinski definition) is 6. The second-order valence-corrected chi connectivity index (χ2v) is 7.58. The largest absolute Gasteiger partial charge is 0.507 e. The van der Waals surface area contributed by atoms with Crippen molar-refractivity contribution in [3.05, 3.63) is 29.5 Å². The SMILES string of the molecule is Cc1cc(C(F)(F)F)cc(O)c1-c1nc2nc(N3CC(N(C)C)C3)cnc2n1C. The van der Waals surface area contributed by atoms with Gasteiger partial charge in [-0.05, 0) is 38.7 Å². The number of phenolic OH excluding ortho intramolecular Hbond substituents is 1. The van der Waals surface area contributed by atoms with Gasteiger partial charge in [-0.2, -0.15) is 13.2 Å². The van der Waals surface area contributed by atoms with E-state index in [9.17, 15) is 18.3 Å². The number of rotatable bonds is 3. The van der Waals surface area contributed by atoms with Gasteiger partial charge in [-0.1, -0.05) is 0 Å². The van der Waals surface area contributed by atoms with Gasteiger partial charge in [-0.15, -0.1) is 0 Å². The van der Waals surface area contributed by atoms with E-state index < -0.39 is 17.5 Å². The summed E-state index contributed by atoms with van der Waals surface area (Å²) >= 11 is 0. The average Bonchev–Trinajstić information content (AvgIpc) is 2.88. The second kappa shape index (κ2) is 6.58. The quantitative estimate of drug-likeness (QED) is 0.721. The van der Waals surface area contributed by atoms with Gasteiger partial charge in [0.1, 0.15) is 17.4 Å². The van der Waals surface area contributed by atoms with Gasteiger partial charge < -0.3 is 19.5 Å². The Morgan fingerprint density at radius 2 is 1.86 bits per heavy atom. The zero-order chi connectivity index (χ0) is 21.1. The number of halogens is 3. The van der Waals surface area contributed by atoms with Crippen LogP contribution in [0.15, 0.2) is 18.3 Å². The molecule has 1 aliphatic rings. The fourth-order valence-electron chi connectivity index (χ4n) is 3.52. The molecule has 0 amide bonds. The standard InChI is InChI=1S/C19H21F3N6O/c1-10-5-11(19(20,21)22)6-13(29)15(10)17-25-16-18(27(17)4)23-7-14(24-16)28-8-12(9-28)26(2)3/h5-7,12,29H,8-9H2,1-4H3. The van der Waals surface area contributed by atoms with Gasteiger partial charge in [0.2, 0.25) is 0 Å². The van der Waals surface area contributed by atoms with E-state index in [1.54, 1.807) is 17.8 Å². The molecule has 0 spiro atoms. The molecule has 4 rings (SSSR count). The Kier molecular flexibility index (Phi) is 4.41. The first-order valence-electron chi connectivity index (χ1n) is 9.08. The monoisotopic (exact) mass is 406 g/mol. The molecule has 0 saturated carbocycles. The molecule has 0 atom stereocenters. The Hall–Kier alpha value is -2.88. The van der Waals surface area contributed by atoms with Crippen LogP contribution in [-0.2, 0) is 13.2 Å². The van der Waals surface area contributed by atoms with E-state index >= 15 is 0 Å². The van der Waals surface area contributed by atoms with Crippen LogP contribution in [0.1, 0.15) is 11.1 Å². The first-order valence-corrected chi connectivity index (χ1v) is 9.08. The lowest BCUT2D eigenvalue weighted by atomic mass is 10.0. The minimum absolute atomic E-state index is 0.235. The van der Waals surface area contributed by atoms with Gasteiger partial charge in [0, 0.05) is 26.2 Å². The first kappa shape index (κ1) is 19.4. The molecular weight excluding hydrogens is 385 g/mol. The van der Waals surface area contributed by atoms with E-state index in [0.29, 0.717) is 29.0 Å². The molecule has 154 valence electrons. The summed E-state index contributed by atoms with van der Waals surface area (Å²) in [5, 5.41) is 10.3. The van der Waals surface area contributed by atoms with Crippen LogP contribution in [0.4, 0.5) is 19.0 Å². The summed E-state index contributed by atoms with van der Waals surface area (Å²) in [6, 6.07) is 2.18. The maximum atomic E-state index is 13.0. The van der Waals surface area contributed by atoms with Crippen LogP contribution in [0.5, 0.6) is 5.75 Å². The number of fused-ring (bicyclic) bond motifs is 1. The molecule has 29 heavy (non-hydrogen) atoms. The molecular formula is C19H21F3N6O. The van der Waals surface area contributed by atoms with E-state index in [1.165, 1.54) is 6.92 Å². The highest BCUT2D eigenvalue weighted by molar-refractivity contribution is 5.79. The smallest absolute Gasteiger partial charge is 0.416 e. The molecule has 0 radical (unpaired) electrons. The third-order valence-electron chi connectivity index (χ3n) is 5.35. The first-order chi connectivity index (χ1) is 13.6. The summed E-state index contributed by atoms with van der Waals surface area (Å²) in [6.45, 7) is 3.19. The molecule has 1 aromatic carbocycles. The molecule has 0 bridgehead atoms. The number of phenols is 1. The predicted octanol–water partition coefficient (Wildman–Crippen LogP) is 2.81. The van der Waals surface area contributed by atoms with Crippen molar-refractivity contribution in [3.8, 4) is 17.1 Å². The molecule has 3 heterocycles. The summed E-state index contributed by atoms with van der Waals surface area (Å²) in [4.78, 5) is 17.7. The number of likely N-dealkylation sites (N-methyl/N-ethyl adjacent to an activating group) is 1. The van der Waals surface area contributed by atoms with Crippen LogP contribution < -0.4 is 4.90 Å². The molecule has 1 fully saturated rings. The van der Waals surface area contributed by atoms with Crippen molar-refractivity contribution >= 4 is 17.1 Å². The number of aromatic nitrogens is 4. The van der Waals surface area contributed by atoms with Crippen molar-refractivity contribution in [1.82, 2.24) is 24.4 Å². The Morgan fingerprint density at radius 3 is 2.45 bits per heavy atom. The lowest BCUT2D eigenvalue weighted by Crippen LogP contribution is -2.57. The number of anilines is 1. The highest BCUT2D eigenvalue weighted by Gasteiger charge is 2.33. The van der Waals surface area contributed by atoms with Gasteiger partial charge in [-0.25, -0.2) is 15.0 Å². The van der Waals surface area contributed by atoms with Crippen LogP contribution in [0.3, 0.4) is 0 Å². The highest BCUT2D eigenvalue weighted by Crippen LogP contribution is 2.39. The number of imidazole rings is 1. The fraction of sp³-hybridized carbons (Fsp3) is 0.421. The Morgan fingerprint density at radius 1 is 1.17 bits per heavy atom. The Labute approximate surface area is 165 Å². The van der Waals surface area contributed by atoms with Crippen molar-refractivity contribution in [2.24, 2.45) is 7.05 Å². The third kappa shape index (κ3) is 3.27. The lowest BCUT2D eigenvalue weighted by Gasteiger charge is -2.43. The van der Waals surface area contributed by atoms with Crippen LogP contribution >= 0.6 is 0 Å². The number of hydrogen-bond donors (Lipinski definition) is 1. The fourth-order valence-corrected chi connectivity index (χ4v) is 3.52. The van der Waals surface area contributed by atoms with Crippen molar-refractivity contribution in [1.29, 1.82) is 0 Å². The minimum atomic E-state index is -4.53. The van der Waals surface area contributed by atoms with Crippen LogP contribution in [0.25, 0.3) is 22.7 Å². The van der Waals surface area contributed by atoms with E-state index in [-0.39, 0.29) is 11.1 Å². The number of benzene rings is 1. The Balaban J connectivity index is 1.73. The molecule has 1 N–H and O–H groups in total. The van der Waals surface area contributed by atoms with Crippen molar-refractivity contribution < 1.29 is 18.3 Å². The summed E-state index contributed by atoms with van der Waals surface area (Å²) < 4.78 is 40.6. The maximum absolute atomic E-state index is 13.0. The molecule has 1 saturated heterocycles. The van der Waals surface area contributed by atoms with Gasteiger partial charge in [0.05, 0.1) is 17.3 Å². The van der Waals surface area contributed by atoms with Crippen molar-refractivity contribution in [2.75, 3.05) is 32.1 Å². The molecule has 7 nitrogen and oxygen atoms in total. The van der Waals surface area contributed by atoms with E-state index in [4.69, 9.17) is 0 Å². The molecule has 3 aromatic rings. The Bertz CT molecular complexity index is 1060. The molecule has 1 aliphatic heterocycles. The molecule has 0 unspecified atom stereocenters. The number of aryl methyl sites for hydroxylation is 2. The maximum Gasteiger partial charge on any atom is 0.416 e. The summed E-state index contributed by atoms with van der Waals surface area (Å²) in [6.07, 6.45) is -2.87. The van der Waals surface area contributed by atoms with Gasteiger partial charge in [0.15, 0.2) is 11.3 Å². The molecule has 0 aliphatic carbocycles. The van der Waals surface area contributed by atoms with Gasteiger partial charge in [-0.3, -0.25) is 0 Å². The average molecular weight is 406 g/mol. The zero-order valence-electron chi connectivity index (χ0n) is 16.5. The number of alkyl halides is 3. The van der Waals surface area contributed by atoms with Gasteiger partial charge in [0.25, 0.3) is 0 Å². The van der Waals surface area contributed by atoms with Crippen molar-refractivity contribution in [2.45, 2.75) is 19.1 Å². The number of aromatic hydroxyl groups is 1. The van der Waals surface area contributed by atoms with E-state index in [0.717, 1.165) is 25.2 Å². The predicted molar refractivity (Wildman–Crippen MR) is 103 cm³/mol. The van der Waals surface area contributed by atoms with Gasteiger partial charge >= 0.3 is 6.18 Å². The summed E-state index contributed by atoms with van der Waals surface area (Å²) in [7, 11) is 5.75. The minimum Gasteiger partial charge on any atom is -0.507 e. The van der Waals surface area contributed by atoms with Crippen LogP contribution in [-0.4, -0.2) is 62.8 Å². The molecule has 2 aromatic heterocycles. The van der Waals surface area contributed by atoms with Crippen LogP contribution in [0.2, 0.25) is 0 Å². The summed E-state index contributed by atoms with van der Waals surface area (Å²) in [5.41, 5.74) is 0.479. The normalized spacial score (nSPS) is 15.4. The van der Waals surface area contributed by atoms with Crippen LogP contribution in [0, 0.1) is 6.92 Å². The zero-order valence-corrected chi connectivity index (χ0v) is 16.5. The number of nitrogens with zero attached hydrogens (tertiary/aromatic N) is 6. The van der Waals surface area contributed by atoms with Crippen molar-refractivity contribution in [3.63, 3.8) is 0 Å². The van der Waals surface area contributed by atoms with E-state index in [2.05, 4.69) is 24.8 Å². The van der Waals surface area contributed by atoms with E-state index in [1.807, 2.05) is 14.1 Å².